The molecule has 6 nitrogen and oxygen atoms in total. The van der Waals surface area contributed by atoms with E-state index < -0.39 is 17.5 Å². The minimum Gasteiger partial charge on any atom is -0.492 e. The molecule has 3 aromatic rings. The molecule has 0 aliphatic heterocycles. The molecular weight excluding hydrogens is 435 g/mol. The highest BCUT2D eigenvalue weighted by molar-refractivity contribution is 5.85. The molecule has 1 aromatic heterocycles. The van der Waals surface area contributed by atoms with Crippen LogP contribution in [0.5, 0.6) is 23.0 Å². The van der Waals surface area contributed by atoms with Crippen LogP contribution < -0.4 is 25.3 Å². The summed E-state index contributed by atoms with van der Waals surface area (Å²) in [5.74, 6) is -0.233. The second kappa shape index (κ2) is 10.2. The van der Waals surface area contributed by atoms with E-state index in [0.29, 0.717) is 18.5 Å². The van der Waals surface area contributed by atoms with Crippen molar-refractivity contribution in [2.75, 3.05) is 26.1 Å². The van der Waals surface area contributed by atoms with Crippen molar-refractivity contribution in [3.8, 4) is 23.0 Å². The van der Waals surface area contributed by atoms with Gasteiger partial charge in [-0.05, 0) is 50.9 Å². The summed E-state index contributed by atoms with van der Waals surface area (Å²) in [5.41, 5.74) is 5.31. The summed E-state index contributed by atoms with van der Waals surface area (Å²) in [6.07, 6.45) is -1.70. The third-order valence-corrected chi connectivity index (χ3v) is 5.35. The molecule has 0 radical (unpaired) electrons. The number of rotatable bonds is 9. The molecule has 1 unspecified atom stereocenters. The van der Waals surface area contributed by atoms with Crippen molar-refractivity contribution in [1.82, 2.24) is 4.98 Å². The minimum absolute atomic E-state index is 0.0424. The maximum Gasteiger partial charge on any atom is 0.420 e. The molecule has 0 saturated heterocycles. The van der Waals surface area contributed by atoms with E-state index in [-0.39, 0.29) is 34.5 Å². The van der Waals surface area contributed by atoms with Crippen molar-refractivity contribution in [3.63, 3.8) is 0 Å². The van der Waals surface area contributed by atoms with Crippen molar-refractivity contribution >= 4 is 16.6 Å². The maximum absolute atomic E-state index is 14.2. The number of alkyl halides is 3. The van der Waals surface area contributed by atoms with E-state index in [1.54, 1.807) is 24.4 Å². The standard InChI is InChI=1S/C24H28F3N3O3/c1-14(8-6-12-28)30-19-15(2)18(24(25,26)27)21(31-3)23(22(19)32-4)33-17-11-5-9-16-10-7-13-29-20(16)17/h5,7,9-11,13-14,30H,6,8,12,28H2,1-4H3. The van der Waals surface area contributed by atoms with Crippen molar-refractivity contribution in [3.05, 3.63) is 47.7 Å². The third kappa shape index (κ3) is 5.08. The van der Waals surface area contributed by atoms with Crippen LogP contribution in [-0.2, 0) is 6.18 Å². The highest BCUT2D eigenvalue weighted by atomic mass is 19.4. The lowest BCUT2D eigenvalue weighted by Gasteiger charge is -2.26. The second-order valence-electron chi connectivity index (χ2n) is 7.68. The van der Waals surface area contributed by atoms with Crippen LogP contribution in [0.3, 0.4) is 0 Å². The molecule has 0 saturated carbocycles. The Morgan fingerprint density at radius 3 is 2.39 bits per heavy atom. The molecule has 2 aromatic carbocycles. The molecule has 0 bridgehead atoms. The Morgan fingerprint density at radius 2 is 1.76 bits per heavy atom. The summed E-state index contributed by atoms with van der Waals surface area (Å²) in [6, 6.07) is 8.68. The predicted molar refractivity (Wildman–Crippen MR) is 122 cm³/mol. The Bertz CT molecular complexity index is 1110. The van der Waals surface area contributed by atoms with Gasteiger partial charge in [-0.1, -0.05) is 18.2 Å². The van der Waals surface area contributed by atoms with E-state index in [1.807, 2.05) is 19.1 Å². The number of anilines is 1. The van der Waals surface area contributed by atoms with Crippen LogP contribution in [0.15, 0.2) is 36.5 Å². The number of methoxy groups -OCH3 is 2. The fraction of sp³-hybridized carbons (Fsp3) is 0.375. The molecular formula is C24H28F3N3O3. The van der Waals surface area contributed by atoms with E-state index in [0.717, 1.165) is 11.8 Å². The average molecular weight is 464 g/mol. The van der Waals surface area contributed by atoms with Gasteiger partial charge in [0.1, 0.15) is 11.1 Å². The number of ether oxygens (including phenoxy) is 3. The third-order valence-electron chi connectivity index (χ3n) is 5.35. The van der Waals surface area contributed by atoms with Gasteiger partial charge in [0.25, 0.3) is 0 Å². The Labute approximate surface area is 190 Å². The van der Waals surface area contributed by atoms with E-state index >= 15 is 0 Å². The fourth-order valence-electron chi connectivity index (χ4n) is 3.80. The molecule has 1 atom stereocenters. The van der Waals surface area contributed by atoms with Crippen LogP contribution >= 0.6 is 0 Å². The van der Waals surface area contributed by atoms with Gasteiger partial charge in [-0.15, -0.1) is 0 Å². The first-order valence-corrected chi connectivity index (χ1v) is 10.6. The van der Waals surface area contributed by atoms with Gasteiger partial charge in [-0.2, -0.15) is 13.2 Å². The van der Waals surface area contributed by atoms with Gasteiger partial charge >= 0.3 is 6.18 Å². The number of aromatic nitrogens is 1. The zero-order valence-corrected chi connectivity index (χ0v) is 19.0. The fourth-order valence-corrected chi connectivity index (χ4v) is 3.80. The Balaban J connectivity index is 2.25. The van der Waals surface area contributed by atoms with Gasteiger partial charge in [0.2, 0.25) is 5.75 Å². The molecule has 0 spiro atoms. The highest BCUT2D eigenvalue weighted by Crippen LogP contribution is 2.54. The first-order chi connectivity index (χ1) is 15.7. The quantitative estimate of drug-likeness (QED) is 0.411. The van der Waals surface area contributed by atoms with Crippen molar-refractivity contribution < 1.29 is 27.4 Å². The van der Waals surface area contributed by atoms with E-state index in [1.165, 1.54) is 21.1 Å². The van der Waals surface area contributed by atoms with Gasteiger partial charge in [-0.3, -0.25) is 4.98 Å². The molecule has 1 heterocycles. The average Bonchev–Trinajstić information content (AvgIpc) is 2.78. The largest absolute Gasteiger partial charge is 0.492 e. The molecule has 9 heteroatoms. The van der Waals surface area contributed by atoms with Crippen LogP contribution in [-0.4, -0.2) is 31.8 Å². The number of nitrogens with two attached hydrogens (primary N) is 1. The number of para-hydroxylation sites is 1. The maximum atomic E-state index is 14.2. The number of benzene rings is 2. The summed E-state index contributed by atoms with van der Waals surface area (Å²) in [7, 11) is 2.56. The van der Waals surface area contributed by atoms with Gasteiger partial charge in [0.15, 0.2) is 17.2 Å². The predicted octanol–water partition coefficient (Wildman–Crippen LogP) is 5.91. The van der Waals surface area contributed by atoms with Crippen molar-refractivity contribution in [2.45, 2.75) is 38.9 Å². The summed E-state index contributed by atoms with van der Waals surface area (Å²) >= 11 is 0. The zero-order chi connectivity index (χ0) is 24.2. The number of nitrogens with one attached hydrogen (secondary N) is 1. The Hall–Kier alpha value is -3.20. The molecule has 33 heavy (non-hydrogen) atoms. The number of halogens is 3. The van der Waals surface area contributed by atoms with Crippen LogP contribution in [0.25, 0.3) is 10.9 Å². The first kappa shape index (κ1) is 24.4. The van der Waals surface area contributed by atoms with Gasteiger partial charge in [-0.25, -0.2) is 0 Å². The van der Waals surface area contributed by atoms with Crippen molar-refractivity contribution in [1.29, 1.82) is 0 Å². The van der Waals surface area contributed by atoms with Gasteiger partial charge in [0.05, 0.1) is 19.9 Å². The Morgan fingerprint density at radius 1 is 1.06 bits per heavy atom. The summed E-state index contributed by atoms with van der Waals surface area (Å²) < 4.78 is 59.5. The zero-order valence-electron chi connectivity index (χ0n) is 19.0. The van der Waals surface area contributed by atoms with Crippen molar-refractivity contribution in [2.24, 2.45) is 5.73 Å². The lowest BCUT2D eigenvalue weighted by molar-refractivity contribution is -0.139. The van der Waals surface area contributed by atoms with E-state index in [9.17, 15) is 13.2 Å². The highest BCUT2D eigenvalue weighted by Gasteiger charge is 2.41. The summed E-state index contributed by atoms with van der Waals surface area (Å²) in [5, 5.41) is 3.94. The first-order valence-electron chi connectivity index (χ1n) is 10.6. The number of fused-ring (bicyclic) bond motifs is 1. The van der Waals surface area contributed by atoms with E-state index in [2.05, 4.69) is 10.3 Å². The van der Waals surface area contributed by atoms with Gasteiger partial charge < -0.3 is 25.3 Å². The molecule has 0 aliphatic rings. The summed E-state index contributed by atoms with van der Waals surface area (Å²) in [4.78, 5) is 4.33. The smallest absolute Gasteiger partial charge is 0.420 e. The van der Waals surface area contributed by atoms with Crippen LogP contribution in [0.4, 0.5) is 18.9 Å². The SMILES string of the molecule is COc1c(NC(C)CCCN)c(C)c(C(F)(F)F)c(OC)c1Oc1cccc2cccnc12. The molecule has 0 amide bonds. The Kier molecular flexibility index (Phi) is 7.53. The topological polar surface area (TPSA) is 78.6 Å². The van der Waals surface area contributed by atoms with Crippen LogP contribution in [0, 0.1) is 6.92 Å². The molecule has 178 valence electrons. The number of hydrogen-bond donors (Lipinski definition) is 2. The van der Waals surface area contributed by atoms with E-state index in [4.69, 9.17) is 19.9 Å². The lowest BCUT2D eigenvalue weighted by Crippen LogP contribution is -2.20. The normalized spacial score (nSPS) is 12.5. The number of hydrogen-bond acceptors (Lipinski definition) is 6. The molecule has 0 aliphatic carbocycles. The molecule has 0 fully saturated rings. The molecule has 3 rings (SSSR count). The lowest BCUT2D eigenvalue weighted by atomic mass is 10.0. The number of pyridine rings is 1. The number of nitrogens with zero attached hydrogens (tertiary/aromatic N) is 1. The molecule has 3 N–H and O–H groups in total. The summed E-state index contributed by atoms with van der Waals surface area (Å²) in [6.45, 7) is 3.75. The van der Waals surface area contributed by atoms with Crippen LogP contribution in [0.2, 0.25) is 0 Å². The van der Waals surface area contributed by atoms with Crippen LogP contribution in [0.1, 0.15) is 30.9 Å². The second-order valence-corrected chi connectivity index (χ2v) is 7.68. The minimum atomic E-state index is -4.69. The van der Waals surface area contributed by atoms with Gasteiger partial charge in [0, 0.05) is 17.6 Å². The monoisotopic (exact) mass is 463 g/mol.